The zero-order valence-corrected chi connectivity index (χ0v) is 23.0. The molecular formula is C27H34N10O4. The van der Waals surface area contributed by atoms with Gasteiger partial charge in [-0.3, -0.25) is 20.4 Å². The van der Waals surface area contributed by atoms with Crippen molar-refractivity contribution in [2.75, 3.05) is 19.7 Å². The summed E-state index contributed by atoms with van der Waals surface area (Å²) in [4.78, 5) is 35.9. The molecule has 0 bridgehead atoms. The molecule has 2 amide bonds. The predicted molar refractivity (Wildman–Crippen MR) is 148 cm³/mol. The Balaban J connectivity index is 1.22. The highest BCUT2D eigenvalue weighted by molar-refractivity contribution is 5.98. The highest BCUT2D eigenvalue weighted by Gasteiger charge is 2.66. The van der Waals surface area contributed by atoms with Gasteiger partial charge in [0, 0.05) is 31.0 Å². The average molecular weight is 563 g/mol. The van der Waals surface area contributed by atoms with Crippen LogP contribution in [0.1, 0.15) is 52.4 Å². The van der Waals surface area contributed by atoms with Crippen LogP contribution in [0.15, 0.2) is 30.6 Å². The summed E-state index contributed by atoms with van der Waals surface area (Å²) in [6.07, 6.45) is 2.73. The summed E-state index contributed by atoms with van der Waals surface area (Å²) >= 11 is 0. The van der Waals surface area contributed by atoms with Crippen LogP contribution < -0.4 is 31.3 Å². The fourth-order valence-electron chi connectivity index (χ4n) is 6.29. The van der Waals surface area contributed by atoms with Crippen molar-refractivity contribution in [1.82, 2.24) is 41.5 Å². The molecule has 1 aromatic heterocycles. The van der Waals surface area contributed by atoms with Gasteiger partial charge in [0.25, 0.3) is 11.8 Å². The average Bonchev–Trinajstić information content (AvgIpc) is 3.43. The molecule has 8 N–H and O–H groups in total. The summed E-state index contributed by atoms with van der Waals surface area (Å²) in [7, 11) is 0. The first-order chi connectivity index (χ1) is 19.5. The smallest absolute Gasteiger partial charge is 0.289 e. The minimum atomic E-state index is -1.30. The van der Waals surface area contributed by atoms with Crippen LogP contribution in [0.25, 0.3) is 0 Å². The Morgan fingerprint density at radius 1 is 1.20 bits per heavy atom. The maximum Gasteiger partial charge on any atom is 0.289 e. The van der Waals surface area contributed by atoms with E-state index in [0.29, 0.717) is 17.9 Å². The van der Waals surface area contributed by atoms with E-state index >= 15 is 0 Å². The zero-order valence-electron chi connectivity index (χ0n) is 23.0. The fourth-order valence-corrected chi connectivity index (χ4v) is 6.29. The number of hydrogen-bond donors (Lipinski definition) is 8. The summed E-state index contributed by atoms with van der Waals surface area (Å²) in [6.45, 7) is 6.74. The van der Waals surface area contributed by atoms with E-state index < -0.39 is 35.8 Å². The number of aryl methyl sites for hydroxylation is 1. The standard InChI is InChI=1S/C27H34N10O4/c1-13-9-30-21(31-10-13)23(40)32-11-16-19-27(36-24(28)35-19)20(38)17(12-37(27)25(29)34-16)33-22(39)14-5-4-6-15-18(14)41-8-7-26(15,2)3/h4-6,9-10,16-17,19-20,38H,7-8,11-12H2,1-3H3,(H2,29,34)(H,32,40)(H,33,39)(H3,28,35,36)/t16-,17?,19?,20+,27?/m0/s1. The Hall–Kier alpha value is -4.46. The number of aromatic nitrogens is 2. The summed E-state index contributed by atoms with van der Waals surface area (Å²) < 4.78 is 5.92. The molecule has 1 spiro atoms. The number of nitrogens with zero attached hydrogens (tertiary/aromatic N) is 3. The summed E-state index contributed by atoms with van der Waals surface area (Å²) in [5, 5.41) is 43.6. The second kappa shape index (κ2) is 9.58. The summed E-state index contributed by atoms with van der Waals surface area (Å²) in [5.41, 5.74) is 0.730. The number of aliphatic hydroxyl groups is 1. The lowest BCUT2D eigenvalue weighted by atomic mass is 9.79. The first-order valence-corrected chi connectivity index (χ1v) is 13.6. The molecule has 3 fully saturated rings. The van der Waals surface area contributed by atoms with Gasteiger partial charge in [-0.05, 0) is 30.4 Å². The van der Waals surface area contributed by atoms with Crippen molar-refractivity contribution in [3.8, 4) is 5.75 Å². The quantitative estimate of drug-likeness (QED) is 0.227. The SMILES string of the molecule is Cc1cnc(C(=O)NC[C@@H]2NC(=N)N3CC(NC(=O)c4cccc5c4OCCC5(C)C)[C@@H](O)C34NC(=N)NC24)nc1. The Kier molecular flexibility index (Phi) is 6.25. The van der Waals surface area contributed by atoms with Crippen LogP contribution in [-0.4, -0.2) is 93.3 Å². The molecule has 4 aliphatic rings. The normalized spacial score (nSPS) is 29.1. The van der Waals surface area contributed by atoms with E-state index in [1.807, 2.05) is 19.1 Å². The molecule has 216 valence electrons. The molecule has 3 unspecified atom stereocenters. The number of fused-ring (bicyclic) bond motifs is 1. The van der Waals surface area contributed by atoms with Gasteiger partial charge in [0.1, 0.15) is 11.9 Å². The molecule has 0 saturated carbocycles. The maximum absolute atomic E-state index is 13.5. The lowest BCUT2D eigenvalue weighted by Crippen LogP contribution is -2.78. The van der Waals surface area contributed by atoms with Gasteiger partial charge in [0.05, 0.1) is 30.3 Å². The van der Waals surface area contributed by atoms with Crippen LogP contribution >= 0.6 is 0 Å². The third-order valence-electron chi connectivity index (χ3n) is 8.50. The third-order valence-corrected chi connectivity index (χ3v) is 8.50. The zero-order chi connectivity index (χ0) is 29.1. The molecule has 14 heteroatoms. The Labute approximate surface area is 236 Å². The Morgan fingerprint density at radius 2 is 1.95 bits per heavy atom. The Morgan fingerprint density at radius 3 is 2.71 bits per heavy atom. The minimum absolute atomic E-state index is 0.00550. The van der Waals surface area contributed by atoms with Crippen LogP contribution in [0.3, 0.4) is 0 Å². The van der Waals surface area contributed by atoms with E-state index in [2.05, 4.69) is 50.4 Å². The number of rotatable bonds is 5. The number of benzene rings is 1. The maximum atomic E-state index is 13.5. The van der Waals surface area contributed by atoms with Crippen molar-refractivity contribution in [3.63, 3.8) is 0 Å². The highest BCUT2D eigenvalue weighted by atomic mass is 16.5. The van der Waals surface area contributed by atoms with Crippen molar-refractivity contribution < 1.29 is 19.4 Å². The largest absolute Gasteiger partial charge is 0.492 e. The van der Waals surface area contributed by atoms with E-state index in [-0.39, 0.29) is 42.2 Å². The number of nitrogens with one attached hydrogen (secondary N) is 7. The predicted octanol–water partition coefficient (Wildman–Crippen LogP) is -0.851. The van der Waals surface area contributed by atoms with Crippen LogP contribution in [-0.2, 0) is 5.41 Å². The van der Waals surface area contributed by atoms with Crippen LogP contribution in [0.5, 0.6) is 5.75 Å². The molecule has 2 aromatic rings. The first kappa shape index (κ1) is 26.7. The van der Waals surface area contributed by atoms with E-state index in [4.69, 9.17) is 15.6 Å². The topological polar surface area (TPSA) is 200 Å². The molecule has 5 atom stereocenters. The van der Waals surface area contributed by atoms with Crippen molar-refractivity contribution in [2.45, 2.75) is 62.5 Å². The van der Waals surface area contributed by atoms with Crippen molar-refractivity contribution in [2.24, 2.45) is 0 Å². The first-order valence-electron chi connectivity index (χ1n) is 13.6. The van der Waals surface area contributed by atoms with Gasteiger partial charge in [0.15, 0.2) is 17.6 Å². The van der Waals surface area contributed by atoms with Crippen molar-refractivity contribution in [1.29, 1.82) is 10.8 Å². The fraction of sp³-hybridized carbons (Fsp3) is 0.481. The molecule has 0 radical (unpaired) electrons. The van der Waals surface area contributed by atoms with Crippen LogP contribution in [0, 0.1) is 17.7 Å². The lowest BCUT2D eigenvalue weighted by Gasteiger charge is -2.49. The lowest BCUT2D eigenvalue weighted by molar-refractivity contribution is 0.00610. The van der Waals surface area contributed by atoms with E-state index in [1.54, 1.807) is 23.4 Å². The number of para-hydroxylation sites is 1. The van der Waals surface area contributed by atoms with Gasteiger partial charge < -0.3 is 41.3 Å². The molecule has 14 nitrogen and oxygen atoms in total. The van der Waals surface area contributed by atoms with E-state index in [1.165, 1.54) is 0 Å². The van der Waals surface area contributed by atoms with Crippen molar-refractivity contribution in [3.05, 3.63) is 53.1 Å². The summed E-state index contributed by atoms with van der Waals surface area (Å²) in [6, 6.07) is 3.52. The van der Waals surface area contributed by atoms with E-state index in [0.717, 1.165) is 17.5 Å². The van der Waals surface area contributed by atoms with Crippen LogP contribution in [0.4, 0.5) is 0 Å². The number of aliphatic hydroxyl groups excluding tert-OH is 1. The van der Waals surface area contributed by atoms with Gasteiger partial charge >= 0.3 is 0 Å². The second-order valence-electron chi connectivity index (χ2n) is 11.6. The van der Waals surface area contributed by atoms with Gasteiger partial charge in [0.2, 0.25) is 5.82 Å². The highest BCUT2D eigenvalue weighted by Crippen LogP contribution is 2.41. The number of amides is 2. The molecular weight excluding hydrogens is 528 g/mol. The number of carbonyl (C=O) groups is 2. The molecule has 6 rings (SSSR count). The molecule has 0 aliphatic carbocycles. The van der Waals surface area contributed by atoms with Gasteiger partial charge in [-0.15, -0.1) is 0 Å². The third kappa shape index (κ3) is 4.29. The Bertz CT molecular complexity index is 1430. The van der Waals surface area contributed by atoms with Crippen molar-refractivity contribution >= 4 is 23.7 Å². The van der Waals surface area contributed by atoms with Gasteiger partial charge in [-0.25, -0.2) is 9.97 Å². The summed E-state index contributed by atoms with van der Waals surface area (Å²) in [5.74, 6) is -0.346. The molecule has 3 saturated heterocycles. The van der Waals surface area contributed by atoms with Gasteiger partial charge in [-0.2, -0.15) is 0 Å². The monoisotopic (exact) mass is 562 g/mol. The molecule has 41 heavy (non-hydrogen) atoms. The second-order valence-corrected chi connectivity index (χ2v) is 11.6. The number of hydrogen-bond acceptors (Lipinski definition) is 8. The number of guanidine groups is 2. The molecule has 1 aromatic carbocycles. The number of carbonyl (C=O) groups excluding carboxylic acids is 2. The van der Waals surface area contributed by atoms with E-state index in [9.17, 15) is 14.7 Å². The molecule has 5 heterocycles. The number of ether oxygens (including phenoxy) is 1. The molecule has 4 aliphatic heterocycles. The van der Waals surface area contributed by atoms with Gasteiger partial charge in [-0.1, -0.05) is 26.0 Å². The van der Waals surface area contributed by atoms with Crippen LogP contribution in [0.2, 0.25) is 0 Å². The minimum Gasteiger partial charge on any atom is -0.492 e.